The van der Waals surface area contributed by atoms with Gasteiger partial charge in [0.15, 0.2) is 29.6 Å². The fraction of sp³-hybridized carbons (Fsp3) is 0.364. The molecule has 0 aliphatic carbocycles. The molecule has 10 nitrogen and oxygen atoms in total. The highest BCUT2D eigenvalue weighted by molar-refractivity contribution is 6.03. The number of benzene rings is 2. The Morgan fingerprint density at radius 1 is 0.969 bits per heavy atom. The minimum Gasteiger partial charge on any atom is -0.493 e. The summed E-state index contributed by atoms with van der Waals surface area (Å²) in [7, 11) is 6.00. The van der Waals surface area contributed by atoms with Gasteiger partial charge in [0.05, 0.1) is 46.1 Å². The fourth-order valence-corrected chi connectivity index (χ4v) is 3.73. The Hall–Kier alpha value is -3.66. The van der Waals surface area contributed by atoms with Crippen molar-refractivity contribution in [2.45, 2.75) is 13.0 Å². The number of β-lactam (4-membered cyclic amide) rings is 1. The molecule has 2 atom stereocenters. The van der Waals surface area contributed by atoms with Gasteiger partial charge in [0, 0.05) is 12.1 Å². The second-order valence-electron chi connectivity index (χ2n) is 7.06. The Bertz CT molecular complexity index is 984. The van der Waals surface area contributed by atoms with Gasteiger partial charge in [-0.15, -0.1) is 0 Å². The average molecular weight is 446 g/mol. The van der Waals surface area contributed by atoms with Gasteiger partial charge in [-0.1, -0.05) is 13.0 Å². The van der Waals surface area contributed by atoms with Crippen LogP contribution in [0.2, 0.25) is 0 Å². The lowest BCUT2D eigenvalue weighted by Crippen LogP contribution is -2.54. The third-order valence-electron chi connectivity index (χ3n) is 5.32. The molecule has 172 valence electrons. The van der Waals surface area contributed by atoms with Crippen molar-refractivity contribution in [3.05, 3.63) is 35.9 Å². The van der Waals surface area contributed by atoms with Crippen molar-refractivity contribution >= 4 is 17.5 Å². The van der Waals surface area contributed by atoms with Crippen LogP contribution in [0.5, 0.6) is 28.7 Å². The van der Waals surface area contributed by atoms with Crippen LogP contribution in [0.15, 0.2) is 30.3 Å². The van der Waals surface area contributed by atoms with Gasteiger partial charge in [-0.05, 0) is 17.7 Å². The van der Waals surface area contributed by atoms with Crippen LogP contribution >= 0.6 is 0 Å². The number of ether oxygens (including phenoxy) is 5. The Kier molecular flexibility index (Phi) is 6.94. The molecule has 2 aromatic rings. The summed E-state index contributed by atoms with van der Waals surface area (Å²) in [5.41, 5.74) is 2.89. The topological polar surface area (TPSA) is 116 Å². The number of methoxy groups -OCH3 is 4. The summed E-state index contributed by atoms with van der Waals surface area (Å²) in [5.74, 6) is 0.950. The van der Waals surface area contributed by atoms with Gasteiger partial charge in [-0.2, -0.15) is 0 Å². The molecule has 1 heterocycles. The smallest absolute Gasteiger partial charge is 0.281 e. The number of nitrogens with zero attached hydrogens (tertiary/aromatic N) is 1. The van der Waals surface area contributed by atoms with Crippen LogP contribution in [0.4, 0.5) is 5.69 Å². The molecule has 1 saturated heterocycles. The first-order chi connectivity index (χ1) is 15.4. The highest BCUT2D eigenvalue weighted by Crippen LogP contribution is 2.49. The predicted molar refractivity (Wildman–Crippen MR) is 114 cm³/mol. The molecular weight excluding hydrogens is 420 g/mol. The third kappa shape index (κ3) is 4.09. The molecule has 2 amide bonds. The fourth-order valence-electron chi connectivity index (χ4n) is 3.73. The minimum absolute atomic E-state index is 0.0674. The van der Waals surface area contributed by atoms with Crippen molar-refractivity contribution < 1.29 is 38.5 Å². The standard InChI is InChI=1S/C22H26N2O8/c1-12-20(13-6-7-15(28-2)16(8-13)32-11-19(25)23-27)24(22(12)26)14-9-17(29-3)21(31-5)18(10-14)30-4/h6-10,12,20,27H,11H2,1-5H3,(H,23,25)/t12-,20+/m0/s1. The van der Waals surface area contributed by atoms with Crippen molar-refractivity contribution in [2.75, 3.05) is 39.9 Å². The van der Waals surface area contributed by atoms with Crippen LogP contribution in [-0.4, -0.2) is 52.1 Å². The molecule has 1 aliphatic rings. The Morgan fingerprint density at radius 2 is 1.59 bits per heavy atom. The zero-order valence-corrected chi connectivity index (χ0v) is 18.5. The molecule has 1 fully saturated rings. The molecule has 32 heavy (non-hydrogen) atoms. The van der Waals surface area contributed by atoms with E-state index < -0.39 is 12.5 Å². The molecule has 2 N–H and O–H groups in total. The summed E-state index contributed by atoms with van der Waals surface area (Å²) in [4.78, 5) is 25.8. The van der Waals surface area contributed by atoms with Crippen molar-refractivity contribution in [3.8, 4) is 28.7 Å². The van der Waals surface area contributed by atoms with E-state index in [2.05, 4.69) is 0 Å². The number of anilines is 1. The molecule has 0 radical (unpaired) electrons. The molecule has 1 aliphatic heterocycles. The van der Waals surface area contributed by atoms with Crippen LogP contribution in [0.25, 0.3) is 0 Å². The van der Waals surface area contributed by atoms with E-state index in [1.54, 1.807) is 29.2 Å². The quantitative estimate of drug-likeness (QED) is 0.343. The van der Waals surface area contributed by atoms with Crippen molar-refractivity contribution in [1.29, 1.82) is 0 Å². The molecule has 0 unspecified atom stereocenters. The number of rotatable bonds is 9. The van der Waals surface area contributed by atoms with Gasteiger partial charge >= 0.3 is 0 Å². The lowest BCUT2D eigenvalue weighted by molar-refractivity contribution is -0.131. The van der Waals surface area contributed by atoms with Crippen LogP contribution in [-0.2, 0) is 9.59 Å². The molecule has 3 rings (SSSR count). The summed E-state index contributed by atoms with van der Waals surface area (Å²) < 4.78 is 27.0. The lowest BCUT2D eigenvalue weighted by Gasteiger charge is -2.46. The van der Waals surface area contributed by atoms with E-state index in [0.717, 1.165) is 5.56 Å². The average Bonchev–Trinajstić information content (AvgIpc) is 2.83. The highest BCUT2D eigenvalue weighted by Gasteiger charge is 2.46. The van der Waals surface area contributed by atoms with Crippen LogP contribution in [0.3, 0.4) is 0 Å². The van der Waals surface area contributed by atoms with Gasteiger partial charge in [-0.25, -0.2) is 5.48 Å². The number of nitrogens with one attached hydrogen (secondary N) is 1. The van der Waals surface area contributed by atoms with Crippen molar-refractivity contribution in [1.82, 2.24) is 5.48 Å². The summed E-state index contributed by atoms with van der Waals surface area (Å²) in [5, 5.41) is 8.69. The molecule has 0 saturated carbocycles. The van der Waals surface area contributed by atoms with Crippen LogP contribution < -0.4 is 34.1 Å². The molecule has 0 bridgehead atoms. The second kappa shape index (κ2) is 9.65. The van der Waals surface area contributed by atoms with Crippen LogP contribution in [0.1, 0.15) is 18.5 Å². The third-order valence-corrected chi connectivity index (χ3v) is 5.32. The second-order valence-corrected chi connectivity index (χ2v) is 7.06. The number of hydrogen-bond acceptors (Lipinski definition) is 8. The Labute approximate surface area is 185 Å². The Morgan fingerprint density at radius 3 is 2.12 bits per heavy atom. The summed E-state index contributed by atoms with van der Waals surface area (Å²) in [6.45, 7) is 1.44. The first kappa shape index (κ1) is 23.0. The maximum absolute atomic E-state index is 12.8. The van der Waals surface area contributed by atoms with Gasteiger partial charge in [0.2, 0.25) is 11.7 Å². The predicted octanol–water partition coefficient (Wildman–Crippen LogP) is 2.33. The zero-order chi connectivity index (χ0) is 23.4. The lowest BCUT2D eigenvalue weighted by atomic mass is 9.83. The van der Waals surface area contributed by atoms with Crippen molar-refractivity contribution in [3.63, 3.8) is 0 Å². The van der Waals surface area contributed by atoms with E-state index in [0.29, 0.717) is 34.4 Å². The van der Waals surface area contributed by atoms with E-state index in [1.165, 1.54) is 33.9 Å². The van der Waals surface area contributed by atoms with E-state index in [-0.39, 0.29) is 17.9 Å². The largest absolute Gasteiger partial charge is 0.493 e. The minimum atomic E-state index is -0.705. The molecule has 2 aromatic carbocycles. The van der Waals surface area contributed by atoms with Gasteiger partial charge in [-0.3, -0.25) is 14.8 Å². The van der Waals surface area contributed by atoms with E-state index in [4.69, 9.17) is 28.9 Å². The van der Waals surface area contributed by atoms with Gasteiger partial charge in [0.25, 0.3) is 5.91 Å². The van der Waals surface area contributed by atoms with E-state index in [9.17, 15) is 9.59 Å². The maximum atomic E-state index is 12.8. The van der Waals surface area contributed by atoms with Crippen LogP contribution in [0, 0.1) is 5.92 Å². The Balaban J connectivity index is 1.99. The first-order valence-corrected chi connectivity index (χ1v) is 9.76. The summed E-state index contributed by atoms with van der Waals surface area (Å²) in [6.07, 6.45) is 0. The van der Waals surface area contributed by atoms with Gasteiger partial charge < -0.3 is 28.6 Å². The first-order valence-electron chi connectivity index (χ1n) is 9.76. The summed E-state index contributed by atoms with van der Waals surface area (Å²) in [6, 6.07) is 8.36. The molecular formula is C22H26N2O8. The summed E-state index contributed by atoms with van der Waals surface area (Å²) >= 11 is 0. The number of hydrogen-bond donors (Lipinski definition) is 2. The normalized spacial score (nSPS) is 17.3. The molecule has 0 aromatic heterocycles. The van der Waals surface area contributed by atoms with E-state index in [1.807, 2.05) is 13.0 Å². The maximum Gasteiger partial charge on any atom is 0.281 e. The molecule has 0 spiro atoms. The number of hydroxylamine groups is 1. The number of carbonyl (C=O) groups excluding carboxylic acids is 2. The number of carbonyl (C=O) groups is 2. The molecule has 10 heteroatoms. The monoisotopic (exact) mass is 446 g/mol. The van der Waals surface area contributed by atoms with Gasteiger partial charge in [0.1, 0.15) is 0 Å². The highest BCUT2D eigenvalue weighted by atomic mass is 16.5. The van der Waals surface area contributed by atoms with Crippen molar-refractivity contribution in [2.24, 2.45) is 5.92 Å². The number of amides is 2. The SMILES string of the molecule is COc1ccc([C@H]2[C@H](C)C(=O)N2c2cc(OC)c(OC)c(OC)c2)cc1OCC(=O)NO. The zero-order valence-electron chi connectivity index (χ0n) is 18.5. The van der Waals surface area contributed by atoms with E-state index >= 15 is 0 Å².